The highest BCUT2D eigenvalue weighted by Crippen LogP contribution is 2.40. The van der Waals surface area contributed by atoms with Crippen molar-refractivity contribution < 1.29 is 0 Å². The third kappa shape index (κ3) is 3.17. The van der Waals surface area contributed by atoms with Crippen LogP contribution in [0, 0.1) is 0 Å². The lowest BCUT2D eigenvalue weighted by Gasteiger charge is -2.16. The maximum Gasteiger partial charge on any atom is 0.188 e. The van der Waals surface area contributed by atoms with E-state index in [-0.39, 0.29) is 0 Å². The second-order valence-corrected chi connectivity index (χ2v) is 7.60. The van der Waals surface area contributed by atoms with Crippen LogP contribution in [0.3, 0.4) is 0 Å². The van der Waals surface area contributed by atoms with E-state index in [1.807, 2.05) is 18.2 Å². The Hall–Kier alpha value is -3.43. The van der Waals surface area contributed by atoms with Crippen LogP contribution in [0.15, 0.2) is 103 Å². The van der Waals surface area contributed by atoms with E-state index in [9.17, 15) is 0 Å². The van der Waals surface area contributed by atoms with Gasteiger partial charge in [-0.05, 0) is 23.3 Å². The predicted octanol–water partition coefficient (Wildman–Crippen LogP) is 7.37. The van der Waals surface area contributed by atoms with Gasteiger partial charge < -0.3 is 5.32 Å². The molecule has 0 saturated carbocycles. The molecule has 28 heavy (non-hydrogen) atoms. The van der Waals surface area contributed by atoms with Gasteiger partial charge in [-0.2, -0.15) is 0 Å². The fourth-order valence-corrected chi connectivity index (χ4v) is 4.31. The molecular formula is C25H18N2S. The Balaban J connectivity index is 1.69. The third-order valence-corrected chi connectivity index (χ3v) is 5.71. The fourth-order valence-electron chi connectivity index (χ4n) is 3.44. The number of hydrogen-bond acceptors (Lipinski definition) is 3. The highest BCUT2D eigenvalue weighted by Gasteiger charge is 2.14. The van der Waals surface area contributed by atoms with E-state index < -0.39 is 0 Å². The van der Waals surface area contributed by atoms with Crippen molar-refractivity contribution in [3.63, 3.8) is 0 Å². The topological polar surface area (TPSA) is 24.9 Å². The van der Waals surface area contributed by atoms with Gasteiger partial charge in [-0.1, -0.05) is 102 Å². The van der Waals surface area contributed by atoms with Crippen molar-refractivity contribution in [3.8, 4) is 22.3 Å². The second kappa shape index (κ2) is 7.29. The molecule has 4 aromatic carbocycles. The Morgan fingerprint density at radius 2 is 1.14 bits per heavy atom. The lowest BCUT2D eigenvalue weighted by Crippen LogP contribution is -1.96. The van der Waals surface area contributed by atoms with Gasteiger partial charge in [0.25, 0.3) is 0 Å². The van der Waals surface area contributed by atoms with Crippen LogP contribution in [0.2, 0.25) is 0 Å². The first-order valence-corrected chi connectivity index (χ1v) is 10.1. The third-order valence-electron chi connectivity index (χ3n) is 4.76. The second-order valence-electron chi connectivity index (χ2n) is 6.57. The first-order valence-electron chi connectivity index (χ1n) is 9.25. The molecule has 0 atom stereocenters. The Labute approximate surface area is 168 Å². The molecule has 1 aromatic heterocycles. The number of anilines is 2. The highest BCUT2D eigenvalue weighted by molar-refractivity contribution is 7.22. The van der Waals surface area contributed by atoms with Crippen molar-refractivity contribution in [2.45, 2.75) is 0 Å². The monoisotopic (exact) mass is 378 g/mol. The van der Waals surface area contributed by atoms with Crippen LogP contribution in [0.1, 0.15) is 0 Å². The van der Waals surface area contributed by atoms with Gasteiger partial charge in [-0.3, -0.25) is 0 Å². The lowest BCUT2D eigenvalue weighted by atomic mass is 9.96. The normalized spacial score (nSPS) is 10.9. The van der Waals surface area contributed by atoms with Gasteiger partial charge in [-0.25, -0.2) is 4.98 Å². The zero-order valence-corrected chi connectivity index (χ0v) is 16.0. The number of hydrogen-bond donors (Lipinski definition) is 1. The molecule has 0 unspecified atom stereocenters. The zero-order chi connectivity index (χ0) is 18.8. The molecule has 0 saturated heterocycles. The van der Waals surface area contributed by atoms with Gasteiger partial charge in [0.05, 0.1) is 15.9 Å². The van der Waals surface area contributed by atoms with Crippen molar-refractivity contribution in [2.24, 2.45) is 0 Å². The molecule has 134 valence electrons. The minimum atomic E-state index is 0.904. The summed E-state index contributed by atoms with van der Waals surface area (Å²) in [5.41, 5.74) is 6.81. The highest BCUT2D eigenvalue weighted by atomic mass is 32.1. The SMILES string of the molecule is c1ccc(-c2cccc(-c3ccccc3)c2Nc2nc3ccccc3s2)cc1. The molecular weight excluding hydrogens is 360 g/mol. The molecule has 2 nitrogen and oxygen atoms in total. The van der Waals surface area contributed by atoms with Crippen LogP contribution in [0.25, 0.3) is 32.5 Å². The minimum Gasteiger partial charge on any atom is -0.330 e. The standard InChI is InChI=1S/C25H18N2S/c1-3-10-18(11-4-1)20-14-9-15-21(19-12-5-2-6-13-19)24(20)27-25-26-22-16-7-8-17-23(22)28-25/h1-17H,(H,26,27). The molecule has 0 spiro atoms. The van der Waals surface area contributed by atoms with E-state index in [4.69, 9.17) is 4.98 Å². The number of para-hydroxylation sites is 2. The Kier molecular flexibility index (Phi) is 4.36. The molecule has 1 N–H and O–H groups in total. The molecule has 0 aliphatic carbocycles. The number of aromatic nitrogens is 1. The molecule has 0 aliphatic heterocycles. The van der Waals surface area contributed by atoms with E-state index in [2.05, 4.69) is 90.2 Å². The van der Waals surface area contributed by atoms with Crippen LogP contribution in [0.4, 0.5) is 10.8 Å². The Morgan fingerprint density at radius 1 is 0.571 bits per heavy atom. The van der Waals surface area contributed by atoms with E-state index in [0.717, 1.165) is 16.3 Å². The van der Waals surface area contributed by atoms with Crippen LogP contribution >= 0.6 is 11.3 Å². The van der Waals surface area contributed by atoms with Crippen molar-refractivity contribution in [1.29, 1.82) is 0 Å². The average Bonchev–Trinajstić information content (AvgIpc) is 3.17. The van der Waals surface area contributed by atoms with E-state index in [0.29, 0.717) is 0 Å². The number of nitrogens with zero attached hydrogens (tertiary/aromatic N) is 1. The van der Waals surface area contributed by atoms with Crippen molar-refractivity contribution >= 4 is 32.4 Å². The quantitative estimate of drug-likeness (QED) is 0.353. The average molecular weight is 379 g/mol. The van der Waals surface area contributed by atoms with Crippen LogP contribution < -0.4 is 5.32 Å². The van der Waals surface area contributed by atoms with E-state index in [1.54, 1.807) is 11.3 Å². The van der Waals surface area contributed by atoms with Crippen molar-refractivity contribution in [2.75, 3.05) is 5.32 Å². The molecule has 3 heteroatoms. The number of rotatable bonds is 4. The summed E-state index contributed by atoms with van der Waals surface area (Å²) in [6.45, 7) is 0. The molecule has 5 rings (SSSR count). The van der Waals surface area contributed by atoms with E-state index >= 15 is 0 Å². The summed E-state index contributed by atoms with van der Waals surface area (Å²) < 4.78 is 1.18. The van der Waals surface area contributed by atoms with Crippen LogP contribution in [-0.4, -0.2) is 4.98 Å². The molecule has 0 bridgehead atoms. The van der Waals surface area contributed by atoms with Crippen LogP contribution in [-0.2, 0) is 0 Å². The maximum atomic E-state index is 4.78. The zero-order valence-electron chi connectivity index (χ0n) is 15.2. The molecule has 1 heterocycles. The summed E-state index contributed by atoms with van der Waals surface area (Å²) in [6, 6.07) is 35.7. The molecule has 0 radical (unpaired) electrons. The minimum absolute atomic E-state index is 0.904. The summed E-state index contributed by atoms with van der Waals surface area (Å²) in [6.07, 6.45) is 0. The fraction of sp³-hybridized carbons (Fsp3) is 0. The Morgan fingerprint density at radius 3 is 1.75 bits per heavy atom. The first kappa shape index (κ1) is 16.7. The predicted molar refractivity (Wildman–Crippen MR) is 120 cm³/mol. The van der Waals surface area contributed by atoms with Gasteiger partial charge in [0, 0.05) is 11.1 Å². The van der Waals surface area contributed by atoms with Gasteiger partial charge in [-0.15, -0.1) is 0 Å². The maximum absolute atomic E-state index is 4.78. The summed E-state index contributed by atoms with van der Waals surface area (Å²) in [7, 11) is 0. The number of benzene rings is 4. The first-order chi connectivity index (χ1) is 13.9. The Bertz CT molecular complexity index is 1140. The largest absolute Gasteiger partial charge is 0.330 e. The lowest BCUT2D eigenvalue weighted by molar-refractivity contribution is 1.44. The van der Waals surface area contributed by atoms with E-state index in [1.165, 1.54) is 27.0 Å². The van der Waals surface area contributed by atoms with Gasteiger partial charge in [0.15, 0.2) is 5.13 Å². The molecule has 0 aliphatic rings. The summed E-state index contributed by atoms with van der Waals surface area (Å²) in [4.78, 5) is 4.78. The van der Waals surface area contributed by atoms with Crippen molar-refractivity contribution in [1.82, 2.24) is 4.98 Å². The smallest absolute Gasteiger partial charge is 0.188 e. The number of fused-ring (bicyclic) bond motifs is 1. The van der Waals surface area contributed by atoms with Gasteiger partial charge in [0.1, 0.15) is 0 Å². The summed E-state index contributed by atoms with van der Waals surface area (Å²) in [5, 5.41) is 4.54. The van der Waals surface area contributed by atoms with Gasteiger partial charge in [0.2, 0.25) is 0 Å². The number of thiazole rings is 1. The molecule has 0 amide bonds. The summed E-state index contributed by atoms with van der Waals surface area (Å²) in [5.74, 6) is 0. The molecule has 0 fully saturated rings. The van der Waals surface area contributed by atoms with Crippen molar-refractivity contribution in [3.05, 3.63) is 103 Å². The van der Waals surface area contributed by atoms with Gasteiger partial charge >= 0.3 is 0 Å². The summed E-state index contributed by atoms with van der Waals surface area (Å²) >= 11 is 1.68. The van der Waals surface area contributed by atoms with Crippen LogP contribution in [0.5, 0.6) is 0 Å². The molecule has 5 aromatic rings. The number of nitrogens with one attached hydrogen (secondary N) is 1.